The standard InChI is InChI=1S/C36H45FN4O13S/c37-31-11-8-29(20-26(31)4-2-1-3-5-34(43)44)54-28-6-9-30(10-7-28)55(48,49)25-32-40-21-27(22-41-32)36(47)39-13-15-51-16-18-52-23-33(42)38-12-14-50-17-19-53-24-35(45)46/h6-11,20-22H,1-5,12-19,23-25H2,(H,38,42)(H,39,47)(H,43,44)(H,45,46). The summed E-state index contributed by atoms with van der Waals surface area (Å²) in [5.41, 5.74) is 0.557. The number of rotatable bonds is 28. The molecule has 1 aromatic heterocycles. The molecule has 17 nitrogen and oxygen atoms in total. The number of hydrogen-bond donors (Lipinski definition) is 4. The van der Waals surface area contributed by atoms with Gasteiger partial charge >= 0.3 is 11.9 Å². The number of sulfone groups is 1. The Morgan fingerprint density at radius 2 is 1.33 bits per heavy atom. The Labute approximate surface area is 317 Å². The normalized spacial score (nSPS) is 11.2. The summed E-state index contributed by atoms with van der Waals surface area (Å²) in [7, 11) is -3.85. The first-order valence-corrected chi connectivity index (χ1v) is 19.0. The molecule has 2 amide bonds. The van der Waals surface area contributed by atoms with Gasteiger partial charge in [0.15, 0.2) is 9.84 Å². The molecule has 0 unspecified atom stereocenters. The number of aryl methyl sites for hydroxylation is 1. The van der Waals surface area contributed by atoms with Crippen molar-refractivity contribution in [3.05, 3.63) is 77.6 Å². The molecule has 0 saturated carbocycles. The quantitative estimate of drug-likeness (QED) is 0.0773. The summed E-state index contributed by atoms with van der Waals surface area (Å²) < 4.78 is 66.7. The fourth-order valence-electron chi connectivity index (χ4n) is 4.64. The second-order valence-electron chi connectivity index (χ2n) is 11.8. The predicted octanol–water partition coefficient (Wildman–Crippen LogP) is 2.57. The van der Waals surface area contributed by atoms with Crippen LogP contribution in [-0.2, 0) is 55.3 Å². The van der Waals surface area contributed by atoms with Crippen LogP contribution in [0, 0.1) is 5.82 Å². The van der Waals surface area contributed by atoms with Crippen molar-refractivity contribution in [3.63, 3.8) is 0 Å². The summed E-state index contributed by atoms with van der Waals surface area (Å²) in [6, 6.07) is 10.0. The highest BCUT2D eigenvalue weighted by Gasteiger charge is 2.18. The van der Waals surface area contributed by atoms with E-state index in [1.807, 2.05) is 0 Å². The summed E-state index contributed by atoms with van der Waals surface area (Å²) in [5.74, 6) is -2.97. The SMILES string of the molecule is O=C(O)CCCCCc1cc(Oc2ccc(S(=O)(=O)Cc3ncc(C(=O)NCCOCCOCC(=O)NCCOCCOCC(=O)O)cn3)cc2)ccc1F. The first-order chi connectivity index (χ1) is 26.4. The van der Waals surface area contributed by atoms with Crippen LogP contribution < -0.4 is 15.4 Å². The van der Waals surface area contributed by atoms with Gasteiger partial charge in [0.25, 0.3) is 5.91 Å². The maximum atomic E-state index is 14.3. The van der Waals surface area contributed by atoms with Crippen molar-refractivity contribution in [3.8, 4) is 11.5 Å². The number of carboxylic acid groups (broad SMARTS) is 2. The van der Waals surface area contributed by atoms with Crippen molar-refractivity contribution in [2.24, 2.45) is 0 Å². The van der Waals surface area contributed by atoms with Crippen LogP contribution in [0.1, 0.15) is 47.4 Å². The molecule has 0 radical (unpaired) electrons. The van der Waals surface area contributed by atoms with Gasteiger partial charge in [-0.1, -0.05) is 6.42 Å². The molecule has 0 spiro atoms. The Morgan fingerprint density at radius 1 is 0.709 bits per heavy atom. The van der Waals surface area contributed by atoms with Crippen molar-refractivity contribution in [1.82, 2.24) is 20.6 Å². The lowest BCUT2D eigenvalue weighted by Crippen LogP contribution is -2.31. The molecule has 1 heterocycles. The van der Waals surface area contributed by atoms with E-state index in [4.69, 9.17) is 33.9 Å². The number of hydrogen-bond acceptors (Lipinski definition) is 13. The third-order valence-corrected chi connectivity index (χ3v) is 8.99. The highest BCUT2D eigenvalue weighted by Crippen LogP contribution is 2.26. The molecule has 3 aromatic rings. The summed E-state index contributed by atoms with van der Waals surface area (Å²) >= 11 is 0. The highest BCUT2D eigenvalue weighted by molar-refractivity contribution is 7.90. The lowest BCUT2D eigenvalue weighted by molar-refractivity contribution is -0.143. The zero-order chi connectivity index (χ0) is 39.9. The fraction of sp³-hybridized carbons (Fsp3) is 0.444. The number of halogens is 1. The minimum absolute atomic E-state index is 0.00107. The molecule has 0 aliphatic heterocycles. The molecule has 0 aliphatic carbocycles. The largest absolute Gasteiger partial charge is 0.481 e. The topological polar surface area (TPSA) is 239 Å². The molecular formula is C36H45FN4O13S. The second-order valence-corrected chi connectivity index (χ2v) is 13.7. The fourth-order valence-corrected chi connectivity index (χ4v) is 5.85. The van der Waals surface area contributed by atoms with Gasteiger partial charge in [0.1, 0.15) is 42.1 Å². The van der Waals surface area contributed by atoms with E-state index < -0.39 is 45.9 Å². The van der Waals surface area contributed by atoms with Crippen molar-refractivity contribution >= 4 is 33.6 Å². The van der Waals surface area contributed by atoms with Crippen molar-refractivity contribution in [1.29, 1.82) is 0 Å². The van der Waals surface area contributed by atoms with Gasteiger partial charge in [0.2, 0.25) is 5.91 Å². The van der Waals surface area contributed by atoms with Crippen LogP contribution in [0.3, 0.4) is 0 Å². The molecule has 0 atom stereocenters. The number of carbonyl (C=O) groups is 4. The van der Waals surface area contributed by atoms with E-state index in [0.717, 1.165) is 0 Å². The number of aliphatic carboxylic acids is 2. The molecule has 4 N–H and O–H groups in total. The van der Waals surface area contributed by atoms with Crippen LogP contribution in [0.4, 0.5) is 4.39 Å². The van der Waals surface area contributed by atoms with Crippen molar-refractivity contribution < 1.29 is 65.9 Å². The number of ether oxygens (including phenoxy) is 5. The van der Waals surface area contributed by atoms with E-state index in [1.54, 1.807) is 6.07 Å². The summed E-state index contributed by atoms with van der Waals surface area (Å²) in [4.78, 5) is 53.2. The van der Waals surface area contributed by atoms with E-state index in [0.29, 0.717) is 42.7 Å². The molecule has 0 saturated heterocycles. The summed E-state index contributed by atoms with van der Waals surface area (Å²) in [5, 5.41) is 22.4. The highest BCUT2D eigenvalue weighted by atomic mass is 32.2. The van der Waals surface area contributed by atoms with Crippen LogP contribution in [0.15, 0.2) is 59.8 Å². The monoisotopic (exact) mass is 792 g/mol. The number of aromatic nitrogens is 2. The second kappa shape index (κ2) is 24.4. The van der Waals surface area contributed by atoms with Crippen molar-refractivity contribution in [2.75, 3.05) is 65.9 Å². The van der Waals surface area contributed by atoms with Gasteiger partial charge in [0, 0.05) is 31.9 Å². The predicted molar refractivity (Wildman–Crippen MR) is 192 cm³/mol. The lowest BCUT2D eigenvalue weighted by Gasteiger charge is -2.10. The Hall–Kier alpha value is -5.08. The van der Waals surface area contributed by atoms with Crippen LogP contribution in [0.25, 0.3) is 0 Å². The van der Waals surface area contributed by atoms with Crippen LogP contribution in [0.5, 0.6) is 11.5 Å². The Balaban J connectivity index is 1.30. The van der Waals surface area contributed by atoms with E-state index >= 15 is 0 Å². The summed E-state index contributed by atoms with van der Waals surface area (Å²) in [6.07, 6.45) is 4.72. The van der Waals surface area contributed by atoms with E-state index in [1.165, 1.54) is 48.8 Å². The van der Waals surface area contributed by atoms with Gasteiger partial charge in [-0.25, -0.2) is 27.6 Å². The average Bonchev–Trinajstić information content (AvgIpc) is 3.15. The number of unbranched alkanes of at least 4 members (excludes halogenated alkanes) is 2. The number of nitrogens with one attached hydrogen (secondary N) is 2. The number of amides is 2. The van der Waals surface area contributed by atoms with Gasteiger partial charge in [-0.15, -0.1) is 0 Å². The number of carboxylic acids is 2. The zero-order valence-corrected chi connectivity index (χ0v) is 30.9. The van der Waals surface area contributed by atoms with E-state index in [9.17, 15) is 32.0 Å². The minimum atomic E-state index is -3.85. The number of carbonyl (C=O) groups excluding carboxylic acids is 2. The zero-order valence-electron chi connectivity index (χ0n) is 30.1. The molecule has 0 aliphatic rings. The van der Waals surface area contributed by atoms with Gasteiger partial charge in [0.05, 0.1) is 50.1 Å². The smallest absolute Gasteiger partial charge is 0.329 e. The van der Waals surface area contributed by atoms with Crippen molar-refractivity contribution in [2.45, 2.75) is 42.8 Å². The minimum Gasteiger partial charge on any atom is -0.481 e. The third kappa shape index (κ3) is 18.2. The molecular weight excluding hydrogens is 747 g/mol. The molecule has 0 fully saturated rings. The molecule has 19 heteroatoms. The van der Waals surface area contributed by atoms with Gasteiger partial charge in [-0.2, -0.15) is 0 Å². The van der Waals surface area contributed by atoms with Crippen LogP contribution in [-0.4, -0.2) is 118 Å². The molecule has 300 valence electrons. The Morgan fingerprint density at radius 3 is 1.98 bits per heavy atom. The maximum absolute atomic E-state index is 14.3. The molecule has 0 bridgehead atoms. The Kier molecular flexibility index (Phi) is 19.6. The molecule has 3 rings (SSSR count). The first kappa shape index (κ1) is 44.3. The van der Waals surface area contributed by atoms with Crippen LogP contribution in [0.2, 0.25) is 0 Å². The van der Waals surface area contributed by atoms with Crippen LogP contribution >= 0.6 is 0 Å². The summed E-state index contributed by atoms with van der Waals surface area (Å²) in [6.45, 7) is 0.894. The first-order valence-electron chi connectivity index (χ1n) is 17.3. The lowest BCUT2D eigenvalue weighted by atomic mass is 10.1. The Bertz CT molecular complexity index is 1780. The number of nitrogens with zero attached hydrogens (tertiary/aromatic N) is 2. The third-order valence-electron chi connectivity index (χ3n) is 7.36. The maximum Gasteiger partial charge on any atom is 0.329 e. The average molecular weight is 793 g/mol. The molecule has 2 aromatic carbocycles. The van der Waals surface area contributed by atoms with E-state index in [-0.39, 0.29) is 87.9 Å². The molecule has 55 heavy (non-hydrogen) atoms. The van der Waals surface area contributed by atoms with Gasteiger partial charge in [-0.3, -0.25) is 14.4 Å². The van der Waals surface area contributed by atoms with Gasteiger partial charge < -0.3 is 44.5 Å². The number of benzene rings is 2. The van der Waals surface area contributed by atoms with Gasteiger partial charge in [-0.05, 0) is 67.3 Å². The van der Waals surface area contributed by atoms with E-state index in [2.05, 4.69) is 20.6 Å².